The number of benzene rings is 4. The molecular weight excluding hydrogens is 488 g/mol. The molecule has 0 fully saturated rings. The molecule has 0 saturated carbocycles. The Balaban J connectivity index is 0.000000148. The minimum Gasteiger partial charge on any atom is -0.492 e. The molecule has 210 valence electrons. The summed E-state index contributed by atoms with van der Waals surface area (Å²) in [6.07, 6.45) is 6.02. The average Bonchev–Trinajstić information content (AvgIpc) is 3.31. The molecule has 0 spiro atoms. The van der Waals surface area contributed by atoms with Crippen LogP contribution in [0.1, 0.15) is 104 Å². The molecule has 2 heterocycles. The van der Waals surface area contributed by atoms with Crippen molar-refractivity contribution >= 4 is 21.5 Å². The highest BCUT2D eigenvalue weighted by atomic mass is 16.5. The van der Waals surface area contributed by atoms with Crippen LogP contribution < -0.4 is 9.47 Å². The van der Waals surface area contributed by atoms with Crippen molar-refractivity contribution in [1.29, 1.82) is 0 Å². The molecule has 0 saturated heterocycles. The summed E-state index contributed by atoms with van der Waals surface area (Å²) in [5, 5.41) is 5.42. The normalized spacial score (nSPS) is 20.1. The molecule has 0 aromatic heterocycles. The summed E-state index contributed by atoms with van der Waals surface area (Å²) >= 11 is 0. The van der Waals surface area contributed by atoms with E-state index >= 15 is 0 Å². The van der Waals surface area contributed by atoms with Gasteiger partial charge in [0.05, 0.1) is 6.61 Å². The van der Waals surface area contributed by atoms with Crippen LogP contribution in [-0.2, 0) is 18.3 Å². The first-order valence-electron chi connectivity index (χ1n) is 15.3. The molecule has 7 rings (SSSR count). The van der Waals surface area contributed by atoms with Gasteiger partial charge in [-0.3, -0.25) is 0 Å². The molecule has 2 heteroatoms. The van der Waals surface area contributed by atoms with Gasteiger partial charge in [-0.25, -0.2) is 0 Å². The van der Waals surface area contributed by atoms with Gasteiger partial charge in [-0.2, -0.15) is 0 Å². The van der Waals surface area contributed by atoms with Crippen molar-refractivity contribution in [2.45, 2.75) is 111 Å². The topological polar surface area (TPSA) is 18.5 Å². The van der Waals surface area contributed by atoms with E-state index in [4.69, 9.17) is 9.47 Å². The number of hydrogen-bond acceptors (Lipinski definition) is 2. The van der Waals surface area contributed by atoms with Gasteiger partial charge < -0.3 is 9.47 Å². The molecule has 3 aliphatic rings. The quantitative estimate of drug-likeness (QED) is 0.223. The van der Waals surface area contributed by atoms with E-state index in [0.717, 1.165) is 30.9 Å². The fourth-order valence-corrected chi connectivity index (χ4v) is 7.69. The maximum absolute atomic E-state index is 6.27. The summed E-state index contributed by atoms with van der Waals surface area (Å²) in [5.74, 6) is 2.80. The SMILES string of the molecule is Cc1c2c(c3ccc4c(c3c1C)CCCC4(C)C)OC[C@@H]2C.Cc1c2c(c3ccccc3c1C)OC(C)(C)CC2. The molecule has 4 aromatic carbocycles. The van der Waals surface area contributed by atoms with Crippen molar-refractivity contribution in [1.82, 2.24) is 0 Å². The number of ether oxygens (including phenoxy) is 2. The van der Waals surface area contributed by atoms with Crippen LogP contribution in [0.15, 0.2) is 36.4 Å². The van der Waals surface area contributed by atoms with Gasteiger partial charge in [0.25, 0.3) is 0 Å². The minimum atomic E-state index is -0.0442. The van der Waals surface area contributed by atoms with Gasteiger partial charge in [0.1, 0.15) is 17.1 Å². The first-order valence-corrected chi connectivity index (χ1v) is 15.3. The van der Waals surface area contributed by atoms with Crippen molar-refractivity contribution < 1.29 is 9.47 Å². The van der Waals surface area contributed by atoms with Gasteiger partial charge in [0, 0.05) is 22.3 Å². The summed E-state index contributed by atoms with van der Waals surface area (Å²) in [6.45, 7) is 21.3. The summed E-state index contributed by atoms with van der Waals surface area (Å²) in [6, 6.07) is 13.3. The van der Waals surface area contributed by atoms with Crippen molar-refractivity contribution in [2.24, 2.45) is 0 Å². The zero-order valence-electron chi connectivity index (χ0n) is 26.1. The highest BCUT2D eigenvalue weighted by Gasteiger charge is 2.33. The van der Waals surface area contributed by atoms with Crippen LogP contribution >= 0.6 is 0 Å². The van der Waals surface area contributed by atoms with Crippen LogP contribution in [-0.4, -0.2) is 12.2 Å². The third kappa shape index (κ3) is 4.21. The third-order valence-corrected chi connectivity index (χ3v) is 10.3. The van der Waals surface area contributed by atoms with E-state index < -0.39 is 0 Å². The van der Waals surface area contributed by atoms with E-state index in [1.54, 1.807) is 11.1 Å². The predicted octanol–water partition coefficient (Wildman–Crippen LogP) is 10.1. The maximum atomic E-state index is 6.27. The van der Waals surface area contributed by atoms with Crippen LogP contribution in [0.2, 0.25) is 0 Å². The fourth-order valence-electron chi connectivity index (χ4n) is 7.69. The van der Waals surface area contributed by atoms with E-state index in [2.05, 4.69) is 98.7 Å². The first kappa shape index (κ1) is 27.2. The summed E-state index contributed by atoms with van der Waals surface area (Å²) in [7, 11) is 0. The minimum absolute atomic E-state index is 0.0442. The molecule has 2 aliphatic heterocycles. The van der Waals surface area contributed by atoms with Gasteiger partial charge in [-0.15, -0.1) is 0 Å². The Labute approximate surface area is 241 Å². The molecule has 0 bridgehead atoms. The number of hydrogen-bond donors (Lipinski definition) is 0. The monoisotopic (exact) mass is 534 g/mol. The predicted molar refractivity (Wildman–Crippen MR) is 170 cm³/mol. The molecule has 1 aliphatic carbocycles. The van der Waals surface area contributed by atoms with Gasteiger partial charge in [0.2, 0.25) is 0 Å². The van der Waals surface area contributed by atoms with Crippen molar-refractivity contribution in [3.63, 3.8) is 0 Å². The van der Waals surface area contributed by atoms with Gasteiger partial charge >= 0.3 is 0 Å². The Morgan fingerprint density at radius 2 is 1.43 bits per heavy atom. The van der Waals surface area contributed by atoms with Gasteiger partial charge in [0.15, 0.2) is 0 Å². The van der Waals surface area contributed by atoms with E-state index in [-0.39, 0.29) is 5.60 Å². The molecule has 2 nitrogen and oxygen atoms in total. The maximum Gasteiger partial charge on any atom is 0.131 e. The third-order valence-electron chi connectivity index (χ3n) is 10.3. The lowest BCUT2D eigenvalue weighted by atomic mass is 9.71. The number of fused-ring (bicyclic) bond motifs is 8. The highest BCUT2D eigenvalue weighted by molar-refractivity contribution is 5.97. The highest BCUT2D eigenvalue weighted by Crippen LogP contribution is 2.48. The molecule has 40 heavy (non-hydrogen) atoms. The van der Waals surface area contributed by atoms with E-state index in [1.165, 1.54) is 74.2 Å². The Kier molecular flexibility index (Phi) is 6.48. The molecule has 0 unspecified atom stereocenters. The molecule has 1 atom stereocenters. The Bertz CT molecular complexity index is 1650. The molecule has 0 amide bonds. The zero-order chi connectivity index (χ0) is 28.6. The standard InChI is InChI=1S/C21H26O.C17H20O/c1-12-11-22-20-16-8-9-17-15(7-6-10-21(17,4)5)19(16)14(3)13(2)18(12)20;1-11-12(2)14-9-10-17(3,4)18-16(14)15-8-6-5-7-13(11)15/h8-9,12H,6-7,10-11H2,1-5H3;5-8H,9-10H2,1-4H3/t12-;/m0./s1. The van der Waals surface area contributed by atoms with Crippen LogP contribution in [0.4, 0.5) is 0 Å². The number of rotatable bonds is 0. The lowest BCUT2D eigenvalue weighted by Crippen LogP contribution is -2.33. The van der Waals surface area contributed by atoms with E-state index in [1.807, 2.05) is 0 Å². The average molecular weight is 535 g/mol. The summed E-state index contributed by atoms with van der Waals surface area (Å²) in [5.41, 5.74) is 12.0. The van der Waals surface area contributed by atoms with Crippen LogP contribution in [0.5, 0.6) is 11.5 Å². The van der Waals surface area contributed by atoms with Crippen molar-refractivity contribution in [3.05, 3.63) is 80.9 Å². The molecule has 0 radical (unpaired) electrons. The van der Waals surface area contributed by atoms with E-state index in [0.29, 0.717) is 11.3 Å². The first-order chi connectivity index (χ1) is 18.9. The Hall–Kier alpha value is -3.00. The smallest absolute Gasteiger partial charge is 0.131 e. The molecule has 4 aromatic rings. The summed E-state index contributed by atoms with van der Waals surface area (Å²) < 4.78 is 12.4. The van der Waals surface area contributed by atoms with Crippen LogP contribution in [0.3, 0.4) is 0 Å². The largest absolute Gasteiger partial charge is 0.492 e. The lowest BCUT2D eigenvalue weighted by Gasteiger charge is -2.34. The van der Waals surface area contributed by atoms with Crippen molar-refractivity contribution in [2.75, 3.05) is 6.61 Å². The molecular formula is C38H46O2. The Morgan fingerprint density at radius 1 is 0.700 bits per heavy atom. The van der Waals surface area contributed by atoms with Crippen LogP contribution in [0.25, 0.3) is 21.5 Å². The second kappa shape index (κ2) is 9.54. The fraction of sp³-hybridized carbons (Fsp3) is 0.474. The second-order valence-corrected chi connectivity index (χ2v) is 13.9. The van der Waals surface area contributed by atoms with E-state index in [9.17, 15) is 0 Å². The van der Waals surface area contributed by atoms with Gasteiger partial charge in [-0.1, -0.05) is 57.2 Å². The van der Waals surface area contributed by atoms with Crippen LogP contribution in [0, 0.1) is 27.7 Å². The number of aryl methyl sites for hydroxylation is 3. The molecule has 0 N–H and O–H groups in total. The summed E-state index contributed by atoms with van der Waals surface area (Å²) in [4.78, 5) is 0. The van der Waals surface area contributed by atoms with Crippen molar-refractivity contribution in [3.8, 4) is 11.5 Å². The Morgan fingerprint density at radius 3 is 2.17 bits per heavy atom. The van der Waals surface area contributed by atoms with Gasteiger partial charge in [-0.05, 0) is 129 Å². The lowest BCUT2D eigenvalue weighted by molar-refractivity contribution is 0.0866. The zero-order valence-corrected chi connectivity index (χ0v) is 26.1. The second-order valence-electron chi connectivity index (χ2n) is 13.9.